The van der Waals surface area contributed by atoms with Gasteiger partial charge < -0.3 is 10.3 Å². The lowest BCUT2D eigenvalue weighted by atomic mass is 9.78. The summed E-state index contributed by atoms with van der Waals surface area (Å²) in [5, 5.41) is 9.19. The number of nitrogens with zero attached hydrogens (tertiary/aromatic N) is 4. The monoisotopic (exact) mass is 562 g/mol. The number of aryl methyl sites for hydroxylation is 1. The fourth-order valence-corrected chi connectivity index (χ4v) is 6.42. The van der Waals surface area contributed by atoms with E-state index in [0.29, 0.717) is 35.4 Å². The van der Waals surface area contributed by atoms with Crippen molar-refractivity contribution in [1.82, 2.24) is 29.6 Å². The van der Waals surface area contributed by atoms with E-state index in [1.165, 1.54) is 37.0 Å². The summed E-state index contributed by atoms with van der Waals surface area (Å²) < 4.78 is 18.0. The summed E-state index contributed by atoms with van der Waals surface area (Å²) in [6, 6.07) is 12.9. The third-order valence-corrected chi connectivity index (χ3v) is 9.47. The number of fused-ring (bicyclic) bond motifs is 1. The van der Waals surface area contributed by atoms with Gasteiger partial charge in [0.25, 0.3) is 5.56 Å². The van der Waals surface area contributed by atoms with E-state index in [-0.39, 0.29) is 16.9 Å². The highest BCUT2D eigenvalue weighted by Gasteiger charge is 2.32. The highest BCUT2D eigenvalue weighted by atomic mass is 19.1. The number of rotatable bonds is 8. The zero-order valence-electron chi connectivity index (χ0n) is 24.1. The van der Waals surface area contributed by atoms with Gasteiger partial charge in [-0.15, -0.1) is 0 Å². The first-order valence-corrected chi connectivity index (χ1v) is 15.2. The minimum Gasteiger partial charge on any atom is -0.353 e. The SMILES string of the molecule is Cc1ccnn1-c1cc(F)ccc1-c1cc(C2CC2)nc(-n2cc(C3CC3)c3cc(CNC4(C)CCC4)[nH]c3c2=O)c1. The van der Waals surface area contributed by atoms with Gasteiger partial charge in [-0.05, 0) is 112 Å². The van der Waals surface area contributed by atoms with Gasteiger partial charge in [-0.1, -0.05) is 0 Å². The Labute approximate surface area is 243 Å². The molecule has 8 heteroatoms. The predicted octanol–water partition coefficient (Wildman–Crippen LogP) is 6.80. The first kappa shape index (κ1) is 25.7. The van der Waals surface area contributed by atoms with Crippen molar-refractivity contribution in [3.05, 3.63) is 93.7 Å². The van der Waals surface area contributed by atoms with Crippen LogP contribution >= 0.6 is 0 Å². The number of aromatic amines is 1. The Morgan fingerprint density at radius 3 is 2.57 bits per heavy atom. The van der Waals surface area contributed by atoms with E-state index in [0.717, 1.165) is 59.3 Å². The highest BCUT2D eigenvalue weighted by molar-refractivity contribution is 5.84. The topological polar surface area (TPSA) is 80.5 Å². The van der Waals surface area contributed by atoms with Gasteiger partial charge in [0.05, 0.1) is 5.69 Å². The molecule has 0 bridgehead atoms. The summed E-state index contributed by atoms with van der Waals surface area (Å²) in [5.74, 6) is 1.11. The third-order valence-electron chi connectivity index (χ3n) is 9.47. The standard InChI is InChI=1S/C34H35FN6O/c1-20-10-13-37-41(20)30-16-24(35)8-9-26(30)23-14-29(22-6-7-22)39-31(15-23)40-19-28(21-4-5-21)27-17-25(38-32(27)33(40)42)18-36-34(2)11-3-12-34/h8-10,13-17,19,21-22,36,38H,3-7,11-12,18H2,1-2H3. The molecule has 214 valence electrons. The number of pyridine rings is 2. The Bertz CT molecular complexity index is 1900. The maximum Gasteiger partial charge on any atom is 0.280 e. The van der Waals surface area contributed by atoms with Gasteiger partial charge in [0.1, 0.15) is 17.2 Å². The van der Waals surface area contributed by atoms with Crippen LogP contribution in [-0.4, -0.2) is 29.9 Å². The average Bonchev–Trinajstić information content (AvgIpc) is 3.90. The Morgan fingerprint density at radius 2 is 1.88 bits per heavy atom. The molecule has 3 fully saturated rings. The van der Waals surface area contributed by atoms with Crippen LogP contribution in [0, 0.1) is 12.7 Å². The third kappa shape index (κ3) is 4.49. The maximum atomic E-state index is 14.5. The maximum absolute atomic E-state index is 14.5. The lowest BCUT2D eigenvalue weighted by Crippen LogP contribution is -2.47. The van der Waals surface area contributed by atoms with Crippen LogP contribution in [0.1, 0.15) is 86.4 Å². The zero-order chi connectivity index (χ0) is 28.6. The fourth-order valence-electron chi connectivity index (χ4n) is 6.42. The molecule has 0 saturated heterocycles. The van der Waals surface area contributed by atoms with Crippen LogP contribution in [0.3, 0.4) is 0 Å². The van der Waals surface area contributed by atoms with Crippen molar-refractivity contribution in [3.8, 4) is 22.6 Å². The van der Waals surface area contributed by atoms with Gasteiger partial charge in [-0.25, -0.2) is 14.1 Å². The van der Waals surface area contributed by atoms with Crippen molar-refractivity contribution >= 4 is 10.9 Å². The van der Waals surface area contributed by atoms with Crippen LogP contribution in [0.4, 0.5) is 4.39 Å². The predicted molar refractivity (Wildman–Crippen MR) is 162 cm³/mol. The number of aromatic nitrogens is 5. The number of hydrogen-bond donors (Lipinski definition) is 2. The van der Waals surface area contributed by atoms with Crippen molar-refractivity contribution in [2.75, 3.05) is 0 Å². The molecule has 4 heterocycles. The molecule has 2 N–H and O–H groups in total. The Hall–Kier alpha value is -4.04. The van der Waals surface area contributed by atoms with E-state index in [9.17, 15) is 9.18 Å². The zero-order valence-corrected chi connectivity index (χ0v) is 24.1. The Balaban J connectivity index is 1.27. The summed E-state index contributed by atoms with van der Waals surface area (Å²) in [6.07, 6.45) is 11.8. The van der Waals surface area contributed by atoms with E-state index >= 15 is 0 Å². The highest BCUT2D eigenvalue weighted by Crippen LogP contribution is 2.44. The molecule has 0 spiro atoms. The van der Waals surface area contributed by atoms with Crippen LogP contribution in [0.25, 0.3) is 33.5 Å². The summed E-state index contributed by atoms with van der Waals surface area (Å²) >= 11 is 0. The average molecular weight is 563 g/mol. The van der Waals surface area contributed by atoms with E-state index in [4.69, 9.17) is 4.98 Å². The molecule has 42 heavy (non-hydrogen) atoms. The molecule has 5 aromatic rings. The molecular weight excluding hydrogens is 527 g/mol. The number of nitrogens with one attached hydrogen (secondary N) is 2. The molecule has 0 unspecified atom stereocenters. The van der Waals surface area contributed by atoms with Crippen LogP contribution in [-0.2, 0) is 6.54 Å². The largest absolute Gasteiger partial charge is 0.353 e. The van der Waals surface area contributed by atoms with Crippen molar-refractivity contribution in [3.63, 3.8) is 0 Å². The van der Waals surface area contributed by atoms with Crippen molar-refractivity contribution in [1.29, 1.82) is 0 Å². The first-order valence-electron chi connectivity index (χ1n) is 15.2. The van der Waals surface area contributed by atoms with Crippen LogP contribution in [0.5, 0.6) is 0 Å². The molecule has 3 aliphatic rings. The second kappa shape index (κ2) is 9.49. The lowest BCUT2D eigenvalue weighted by Gasteiger charge is -2.39. The molecule has 4 aromatic heterocycles. The minimum atomic E-state index is -0.320. The molecule has 0 radical (unpaired) electrons. The van der Waals surface area contributed by atoms with Crippen LogP contribution in [0.2, 0.25) is 0 Å². The Morgan fingerprint density at radius 1 is 1.07 bits per heavy atom. The van der Waals surface area contributed by atoms with Gasteiger partial charge in [0.15, 0.2) is 0 Å². The molecular formula is C34H35FN6O. The molecule has 8 rings (SSSR count). The van der Waals surface area contributed by atoms with Crippen molar-refractivity contribution < 1.29 is 4.39 Å². The summed E-state index contributed by atoms with van der Waals surface area (Å²) in [4.78, 5) is 22.6. The van der Waals surface area contributed by atoms with Gasteiger partial charge in [0, 0.05) is 64.5 Å². The summed E-state index contributed by atoms with van der Waals surface area (Å²) in [7, 11) is 0. The second-order valence-electron chi connectivity index (χ2n) is 12.8. The molecule has 0 amide bonds. The molecule has 1 aromatic carbocycles. The van der Waals surface area contributed by atoms with E-state index < -0.39 is 0 Å². The second-order valence-corrected chi connectivity index (χ2v) is 12.8. The van der Waals surface area contributed by atoms with Crippen LogP contribution < -0.4 is 10.9 Å². The number of halogens is 1. The van der Waals surface area contributed by atoms with Gasteiger partial charge in [-0.2, -0.15) is 5.10 Å². The molecule has 3 saturated carbocycles. The smallest absolute Gasteiger partial charge is 0.280 e. The van der Waals surface area contributed by atoms with E-state index in [2.05, 4.69) is 34.5 Å². The van der Waals surface area contributed by atoms with E-state index in [1.54, 1.807) is 21.5 Å². The number of hydrogen-bond acceptors (Lipinski definition) is 4. The van der Waals surface area contributed by atoms with Gasteiger partial charge in [0.2, 0.25) is 0 Å². The Kier molecular flexibility index (Phi) is 5.80. The van der Waals surface area contributed by atoms with Crippen molar-refractivity contribution in [2.45, 2.75) is 82.7 Å². The molecule has 3 aliphatic carbocycles. The number of H-pyrrole nitrogens is 1. The van der Waals surface area contributed by atoms with Crippen LogP contribution in [0.15, 0.2) is 59.7 Å². The quantitative estimate of drug-likeness (QED) is 0.218. The molecule has 0 aliphatic heterocycles. The van der Waals surface area contributed by atoms with Crippen molar-refractivity contribution in [2.24, 2.45) is 0 Å². The van der Waals surface area contributed by atoms with Gasteiger partial charge in [-0.3, -0.25) is 9.36 Å². The number of benzene rings is 1. The van der Waals surface area contributed by atoms with E-state index in [1.807, 2.05) is 25.3 Å². The summed E-state index contributed by atoms with van der Waals surface area (Å²) in [6.45, 7) is 4.95. The molecule has 7 nitrogen and oxygen atoms in total. The normalized spacial score (nSPS) is 18.0. The fraction of sp³-hybridized carbons (Fsp3) is 0.382. The molecule has 0 atom stereocenters. The first-order chi connectivity index (χ1) is 20.3. The minimum absolute atomic E-state index is 0.0934. The lowest BCUT2D eigenvalue weighted by molar-refractivity contribution is 0.206. The summed E-state index contributed by atoms with van der Waals surface area (Å²) in [5.41, 5.74) is 7.29. The van der Waals surface area contributed by atoms with Gasteiger partial charge >= 0.3 is 0 Å².